The maximum atomic E-state index is 10.8. The molecule has 0 saturated heterocycles. The third-order valence-corrected chi connectivity index (χ3v) is 3.99. The van der Waals surface area contributed by atoms with Gasteiger partial charge in [-0.05, 0) is 42.2 Å². The monoisotopic (exact) mass is 258 g/mol. The molecule has 1 aliphatic heterocycles. The summed E-state index contributed by atoms with van der Waals surface area (Å²) in [6.07, 6.45) is 2.41. The van der Waals surface area contributed by atoms with Crippen molar-refractivity contribution in [3.63, 3.8) is 0 Å². The van der Waals surface area contributed by atoms with Crippen LogP contribution in [0.4, 0.5) is 0 Å². The van der Waals surface area contributed by atoms with Crippen molar-refractivity contribution in [2.75, 3.05) is 5.75 Å². The maximum absolute atomic E-state index is 10.8. The van der Waals surface area contributed by atoms with Gasteiger partial charge in [-0.3, -0.25) is 0 Å². The number of aromatic carboxylic acids is 1. The van der Waals surface area contributed by atoms with Crippen molar-refractivity contribution in [2.45, 2.75) is 30.6 Å². The van der Waals surface area contributed by atoms with E-state index in [1.807, 2.05) is 12.1 Å². The summed E-state index contributed by atoms with van der Waals surface area (Å²) in [6, 6.07) is 5.50. The van der Waals surface area contributed by atoms with Gasteiger partial charge in [-0.15, -0.1) is 24.2 Å². The van der Waals surface area contributed by atoms with Crippen LogP contribution in [0.2, 0.25) is 0 Å². The highest BCUT2D eigenvalue weighted by molar-refractivity contribution is 7.99. The van der Waals surface area contributed by atoms with E-state index < -0.39 is 5.97 Å². The van der Waals surface area contributed by atoms with Crippen molar-refractivity contribution in [3.8, 4) is 0 Å². The molecule has 0 spiro atoms. The lowest BCUT2D eigenvalue weighted by molar-refractivity contribution is 0.0696. The summed E-state index contributed by atoms with van der Waals surface area (Å²) in [5.74, 6) is 0.814. The lowest BCUT2D eigenvalue weighted by Crippen LogP contribution is -1.99. The second-order valence-electron chi connectivity index (χ2n) is 3.95. The van der Waals surface area contributed by atoms with Gasteiger partial charge in [0.25, 0.3) is 0 Å². The van der Waals surface area contributed by atoms with Gasteiger partial charge in [0.2, 0.25) is 0 Å². The average Bonchev–Trinajstić information content (AvgIpc) is 2.40. The van der Waals surface area contributed by atoms with Gasteiger partial charge in [0, 0.05) is 4.90 Å². The van der Waals surface area contributed by atoms with Crippen molar-refractivity contribution < 1.29 is 9.90 Å². The molecule has 2 nitrogen and oxygen atoms in total. The van der Waals surface area contributed by atoms with Crippen LogP contribution in [-0.4, -0.2) is 16.8 Å². The van der Waals surface area contributed by atoms with E-state index in [1.54, 1.807) is 17.8 Å². The first-order chi connectivity index (χ1) is 7.18. The highest BCUT2D eigenvalue weighted by Gasteiger charge is 2.16. The van der Waals surface area contributed by atoms with Crippen LogP contribution in [0.15, 0.2) is 23.1 Å². The van der Waals surface area contributed by atoms with Crippen molar-refractivity contribution in [2.24, 2.45) is 0 Å². The zero-order valence-electron chi connectivity index (χ0n) is 9.10. The third kappa shape index (κ3) is 2.71. The molecule has 0 radical (unpaired) electrons. The number of halogens is 1. The van der Waals surface area contributed by atoms with Gasteiger partial charge in [0.15, 0.2) is 0 Å². The number of hydrogen-bond acceptors (Lipinski definition) is 2. The SMILES string of the molecule is CC1CCCSc2cc(C(=O)O)ccc21.Cl. The molecular weight excluding hydrogens is 244 g/mol. The number of benzene rings is 1. The van der Waals surface area contributed by atoms with E-state index in [-0.39, 0.29) is 12.4 Å². The molecule has 1 N–H and O–H groups in total. The Bertz CT molecular complexity index is 393. The highest BCUT2D eigenvalue weighted by atomic mass is 35.5. The van der Waals surface area contributed by atoms with Gasteiger partial charge in [-0.25, -0.2) is 4.79 Å². The minimum atomic E-state index is -0.838. The predicted octanol–water partition coefficient (Wildman–Crippen LogP) is 3.80. The zero-order chi connectivity index (χ0) is 10.8. The van der Waals surface area contributed by atoms with Gasteiger partial charge in [0.1, 0.15) is 0 Å². The molecule has 2 rings (SSSR count). The molecule has 88 valence electrons. The molecule has 0 fully saturated rings. The topological polar surface area (TPSA) is 37.3 Å². The summed E-state index contributed by atoms with van der Waals surface area (Å²) in [7, 11) is 0. The third-order valence-electron chi connectivity index (χ3n) is 2.83. The molecule has 4 heteroatoms. The van der Waals surface area contributed by atoms with Crippen LogP contribution in [0.3, 0.4) is 0 Å². The largest absolute Gasteiger partial charge is 0.478 e. The van der Waals surface area contributed by atoms with E-state index in [0.717, 1.165) is 10.6 Å². The van der Waals surface area contributed by atoms with Gasteiger partial charge >= 0.3 is 5.97 Å². The Morgan fingerprint density at radius 3 is 2.94 bits per heavy atom. The van der Waals surface area contributed by atoms with E-state index in [9.17, 15) is 4.79 Å². The van der Waals surface area contributed by atoms with Crippen LogP contribution >= 0.6 is 24.2 Å². The van der Waals surface area contributed by atoms with Crippen LogP contribution in [0, 0.1) is 0 Å². The molecular formula is C12H15ClO2S. The van der Waals surface area contributed by atoms with Crippen LogP contribution in [0.1, 0.15) is 41.6 Å². The normalized spacial score (nSPS) is 19.2. The molecule has 0 aromatic heterocycles. The smallest absolute Gasteiger partial charge is 0.335 e. The van der Waals surface area contributed by atoms with E-state index in [2.05, 4.69) is 6.92 Å². The van der Waals surface area contributed by atoms with Gasteiger partial charge < -0.3 is 5.11 Å². The Morgan fingerprint density at radius 1 is 1.50 bits per heavy atom. The fraction of sp³-hybridized carbons (Fsp3) is 0.417. The van der Waals surface area contributed by atoms with Gasteiger partial charge in [0.05, 0.1) is 5.56 Å². The minimum absolute atomic E-state index is 0. The standard InChI is InChI=1S/C12H14O2S.ClH/c1-8-3-2-6-15-11-7-9(12(13)14)4-5-10(8)11;/h4-5,7-8H,2-3,6H2,1H3,(H,13,14);1H. The Labute approximate surface area is 106 Å². The Hall–Kier alpha value is -0.670. The summed E-state index contributed by atoms with van der Waals surface area (Å²) in [6.45, 7) is 2.21. The number of rotatable bonds is 1. The molecule has 1 aromatic carbocycles. The fourth-order valence-corrected chi connectivity index (χ4v) is 3.10. The van der Waals surface area contributed by atoms with Gasteiger partial charge in [-0.1, -0.05) is 13.0 Å². The molecule has 0 amide bonds. The summed E-state index contributed by atoms with van der Waals surface area (Å²) in [5.41, 5.74) is 1.71. The molecule has 1 atom stereocenters. The Balaban J connectivity index is 0.00000128. The number of carboxylic acid groups (broad SMARTS) is 1. The van der Waals surface area contributed by atoms with E-state index in [4.69, 9.17) is 5.11 Å². The maximum Gasteiger partial charge on any atom is 0.335 e. The van der Waals surface area contributed by atoms with Crippen molar-refractivity contribution in [3.05, 3.63) is 29.3 Å². The van der Waals surface area contributed by atoms with E-state index in [1.165, 1.54) is 18.4 Å². The molecule has 16 heavy (non-hydrogen) atoms. The number of carbonyl (C=O) groups is 1. The van der Waals surface area contributed by atoms with E-state index >= 15 is 0 Å². The van der Waals surface area contributed by atoms with Crippen LogP contribution in [0.5, 0.6) is 0 Å². The summed E-state index contributed by atoms with van der Waals surface area (Å²) >= 11 is 1.78. The molecule has 0 bridgehead atoms. The number of thioether (sulfide) groups is 1. The number of fused-ring (bicyclic) bond motifs is 1. The minimum Gasteiger partial charge on any atom is -0.478 e. The Morgan fingerprint density at radius 2 is 2.25 bits per heavy atom. The average molecular weight is 259 g/mol. The highest BCUT2D eigenvalue weighted by Crippen LogP contribution is 2.36. The molecule has 1 heterocycles. The number of hydrogen-bond donors (Lipinski definition) is 1. The van der Waals surface area contributed by atoms with Crippen molar-refractivity contribution >= 4 is 30.1 Å². The zero-order valence-corrected chi connectivity index (χ0v) is 10.7. The summed E-state index contributed by atoms with van der Waals surface area (Å²) in [5, 5.41) is 8.91. The fourth-order valence-electron chi connectivity index (χ4n) is 1.93. The Kier molecular flexibility index (Phi) is 4.69. The van der Waals surface area contributed by atoms with Crippen LogP contribution in [0.25, 0.3) is 0 Å². The van der Waals surface area contributed by atoms with E-state index in [0.29, 0.717) is 11.5 Å². The second-order valence-corrected chi connectivity index (χ2v) is 5.09. The lowest BCUT2D eigenvalue weighted by atomic mass is 9.96. The summed E-state index contributed by atoms with van der Waals surface area (Å²) < 4.78 is 0. The predicted molar refractivity (Wildman–Crippen MR) is 69.0 cm³/mol. The molecule has 0 saturated carbocycles. The molecule has 1 aliphatic rings. The van der Waals surface area contributed by atoms with Crippen molar-refractivity contribution in [1.29, 1.82) is 0 Å². The van der Waals surface area contributed by atoms with Crippen LogP contribution < -0.4 is 0 Å². The molecule has 1 aromatic rings. The van der Waals surface area contributed by atoms with Crippen molar-refractivity contribution in [1.82, 2.24) is 0 Å². The lowest BCUT2D eigenvalue weighted by Gasteiger charge is -2.11. The van der Waals surface area contributed by atoms with Crippen LogP contribution in [-0.2, 0) is 0 Å². The first-order valence-corrected chi connectivity index (χ1v) is 6.17. The first-order valence-electron chi connectivity index (χ1n) is 5.18. The molecule has 1 unspecified atom stereocenters. The second kappa shape index (κ2) is 5.60. The quantitative estimate of drug-likeness (QED) is 0.833. The molecule has 0 aliphatic carbocycles. The van der Waals surface area contributed by atoms with Gasteiger partial charge in [-0.2, -0.15) is 0 Å². The number of carboxylic acids is 1. The summed E-state index contributed by atoms with van der Waals surface area (Å²) in [4.78, 5) is 12.0. The first kappa shape index (κ1) is 13.4.